The minimum absolute atomic E-state index is 0.635. The Kier molecular flexibility index (Phi) is 6.82. The van der Waals surface area contributed by atoms with Gasteiger partial charge in [0.05, 0.1) is 10.2 Å². The second-order valence-electron chi connectivity index (χ2n) is 12.2. The Morgan fingerprint density at radius 3 is 1.68 bits per heavy atom. The van der Waals surface area contributed by atoms with Gasteiger partial charge in [0.1, 0.15) is 5.01 Å². The number of benzene rings is 7. The van der Waals surface area contributed by atoms with E-state index in [1.165, 1.54) is 24.9 Å². The molecule has 0 unspecified atom stereocenters. The van der Waals surface area contributed by atoms with E-state index in [2.05, 4.69) is 121 Å². The molecule has 0 saturated carbocycles. The number of hydrogen-bond acceptors (Lipinski definition) is 6. The van der Waals surface area contributed by atoms with Crippen LogP contribution in [0.4, 0.5) is 0 Å². The van der Waals surface area contributed by atoms with Crippen molar-refractivity contribution in [2.45, 2.75) is 0 Å². The Morgan fingerprint density at radius 2 is 0.980 bits per heavy atom. The highest BCUT2D eigenvalue weighted by Crippen LogP contribution is 2.49. The standard InChI is InChI=1S/C44H26N4S2/c1-4-15-28(16-5-1)41-46-42(29-17-6-2-7-18-29)48-43(47-41)33-25-24-27-14-10-11-21-31(27)37(33)34-26-35-40(50-44(45-35)30-19-8-3-9-20-30)38-32-22-12-13-23-36(32)49-39(34)38/h1-26H. The van der Waals surface area contributed by atoms with Gasteiger partial charge in [-0.15, -0.1) is 22.7 Å². The van der Waals surface area contributed by atoms with Crippen LogP contribution in [0.15, 0.2) is 158 Å². The molecule has 6 heteroatoms. The molecular formula is C44H26N4S2. The Hall–Kier alpha value is -6.08. The molecule has 0 N–H and O–H groups in total. The summed E-state index contributed by atoms with van der Waals surface area (Å²) in [4.78, 5) is 20.6. The summed E-state index contributed by atoms with van der Waals surface area (Å²) in [5, 5.41) is 5.82. The number of thiazole rings is 1. The van der Waals surface area contributed by atoms with Crippen LogP contribution < -0.4 is 0 Å². The smallest absolute Gasteiger partial charge is 0.164 e. The Bertz CT molecular complexity index is 2800. The lowest BCUT2D eigenvalue weighted by atomic mass is 9.91. The molecule has 0 amide bonds. The van der Waals surface area contributed by atoms with Gasteiger partial charge in [0.15, 0.2) is 17.5 Å². The molecule has 0 saturated heterocycles. The lowest BCUT2D eigenvalue weighted by Crippen LogP contribution is -2.01. The molecule has 4 nitrogen and oxygen atoms in total. The van der Waals surface area contributed by atoms with Gasteiger partial charge in [-0.25, -0.2) is 19.9 Å². The van der Waals surface area contributed by atoms with E-state index in [1.807, 2.05) is 47.7 Å². The molecule has 0 spiro atoms. The number of hydrogen-bond donors (Lipinski definition) is 0. The van der Waals surface area contributed by atoms with Crippen LogP contribution in [0, 0.1) is 0 Å². The van der Waals surface area contributed by atoms with Crippen molar-refractivity contribution < 1.29 is 0 Å². The second-order valence-corrected chi connectivity index (χ2v) is 14.3. The van der Waals surface area contributed by atoms with Crippen LogP contribution in [0.3, 0.4) is 0 Å². The molecule has 3 heterocycles. The molecule has 0 atom stereocenters. The van der Waals surface area contributed by atoms with Gasteiger partial charge in [0.25, 0.3) is 0 Å². The van der Waals surface area contributed by atoms with Gasteiger partial charge < -0.3 is 0 Å². The lowest BCUT2D eigenvalue weighted by Gasteiger charge is -2.15. The Balaban J connectivity index is 1.32. The summed E-state index contributed by atoms with van der Waals surface area (Å²) in [6, 6.07) is 54.8. The first-order chi connectivity index (χ1) is 24.8. The van der Waals surface area contributed by atoms with Crippen LogP contribution in [0.1, 0.15) is 0 Å². The summed E-state index contributed by atoms with van der Waals surface area (Å²) < 4.78 is 3.70. The van der Waals surface area contributed by atoms with E-state index in [-0.39, 0.29) is 0 Å². The fraction of sp³-hybridized carbons (Fsp3) is 0. The second kappa shape index (κ2) is 11.8. The number of rotatable bonds is 5. The quantitative estimate of drug-likeness (QED) is 0.182. The van der Waals surface area contributed by atoms with Crippen LogP contribution in [-0.2, 0) is 0 Å². The van der Waals surface area contributed by atoms with Gasteiger partial charge in [-0.2, -0.15) is 0 Å². The molecule has 50 heavy (non-hydrogen) atoms. The number of aromatic nitrogens is 4. The first-order valence-electron chi connectivity index (χ1n) is 16.5. The molecule has 0 aliphatic heterocycles. The van der Waals surface area contributed by atoms with E-state index < -0.39 is 0 Å². The summed E-state index contributed by atoms with van der Waals surface area (Å²) in [7, 11) is 0. The Labute approximate surface area is 296 Å². The van der Waals surface area contributed by atoms with Crippen molar-refractivity contribution in [3.63, 3.8) is 0 Å². The van der Waals surface area contributed by atoms with Crippen molar-refractivity contribution in [1.82, 2.24) is 19.9 Å². The molecule has 7 aromatic carbocycles. The summed E-state index contributed by atoms with van der Waals surface area (Å²) in [6.07, 6.45) is 0. The van der Waals surface area contributed by atoms with E-state index in [0.29, 0.717) is 17.5 Å². The third kappa shape index (κ3) is 4.80. The number of nitrogens with zero attached hydrogens (tertiary/aromatic N) is 4. The highest BCUT2D eigenvalue weighted by molar-refractivity contribution is 7.28. The van der Waals surface area contributed by atoms with Crippen molar-refractivity contribution in [3.05, 3.63) is 158 Å². The van der Waals surface area contributed by atoms with Crippen molar-refractivity contribution in [2.75, 3.05) is 0 Å². The minimum atomic E-state index is 0.635. The van der Waals surface area contributed by atoms with Crippen LogP contribution in [-0.4, -0.2) is 19.9 Å². The maximum Gasteiger partial charge on any atom is 0.164 e. The van der Waals surface area contributed by atoms with E-state index in [0.717, 1.165) is 54.7 Å². The maximum absolute atomic E-state index is 5.28. The summed E-state index contributed by atoms with van der Waals surface area (Å²) >= 11 is 3.61. The first kappa shape index (κ1) is 28.9. The third-order valence-electron chi connectivity index (χ3n) is 9.16. The molecule has 0 aliphatic carbocycles. The molecule has 0 aliphatic rings. The predicted octanol–water partition coefficient (Wildman–Crippen LogP) is 12.3. The molecule has 3 aromatic heterocycles. The van der Waals surface area contributed by atoms with Gasteiger partial charge >= 0.3 is 0 Å². The topological polar surface area (TPSA) is 51.6 Å². The van der Waals surface area contributed by atoms with E-state index in [9.17, 15) is 0 Å². The third-order valence-corrected chi connectivity index (χ3v) is 11.5. The predicted molar refractivity (Wildman–Crippen MR) is 211 cm³/mol. The largest absolute Gasteiger partial charge is 0.236 e. The molecule has 10 rings (SSSR count). The van der Waals surface area contributed by atoms with Crippen molar-refractivity contribution >= 4 is 63.8 Å². The zero-order valence-corrected chi connectivity index (χ0v) is 28.2. The molecular weight excluding hydrogens is 649 g/mol. The van der Waals surface area contributed by atoms with Gasteiger partial charge in [0.2, 0.25) is 0 Å². The highest BCUT2D eigenvalue weighted by atomic mass is 32.1. The van der Waals surface area contributed by atoms with Gasteiger partial charge in [-0.1, -0.05) is 140 Å². The summed E-state index contributed by atoms with van der Waals surface area (Å²) in [6.45, 7) is 0. The SMILES string of the molecule is c1ccc(-c2nc(-c3ccccc3)nc(-c3ccc4ccccc4c3-c3cc4nc(-c5ccccc5)sc4c4c3sc3ccccc34)n2)cc1. The first-order valence-corrected chi connectivity index (χ1v) is 18.1. The van der Waals surface area contributed by atoms with Crippen LogP contribution in [0.25, 0.3) is 97.0 Å². The van der Waals surface area contributed by atoms with E-state index in [1.54, 1.807) is 11.3 Å². The highest BCUT2D eigenvalue weighted by Gasteiger charge is 2.23. The fourth-order valence-electron chi connectivity index (χ4n) is 6.84. The fourth-order valence-corrected chi connectivity index (χ4v) is 9.25. The maximum atomic E-state index is 5.28. The minimum Gasteiger partial charge on any atom is -0.236 e. The zero-order chi connectivity index (χ0) is 33.0. The normalized spacial score (nSPS) is 11.6. The Morgan fingerprint density at radius 1 is 0.400 bits per heavy atom. The van der Waals surface area contributed by atoms with Crippen LogP contribution in [0.5, 0.6) is 0 Å². The monoisotopic (exact) mass is 674 g/mol. The van der Waals surface area contributed by atoms with Gasteiger partial charge in [0, 0.05) is 53.6 Å². The average molecular weight is 675 g/mol. The van der Waals surface area contributed by atoms with Gasteiger partial charge in [-0.05, 0) is 29.0 Å². The van der Waals surface area contributed by atoms with Crippen molar-refractivity contribution in [3.8, 4) is 55.9 Å². The molecule has 10 aromatic rings. The number of fused-ring (bicyclic) bond motifs is 6. The molecule has 0 radical (unpaired) electrons. The van der Waals surface area contributed by atoms with Crippen LogP contribution in [0.2, 0.25) is 0 Å². The molecule has 234 valence electrons. The molecule has 0 bridgehead atoms. The average Bonchev–Trinajstić information content (AvgIpc) is 3.80. The van der Waals surface area contributed by atoms with E-state index in [4.69, 9.17) is 19.9 Å². The number of thiophene rings is 1. The van der Waals surface area contributed by atoms with Gasteiger partial charge in [-0.3, -0.25) is 0 Å². The zero-order valence-electron chi connectivity index (χ0n) is 26.6. The van der Waals surface area contributed by atoms with Crippen molar-refractivity contribution in [1.29, 1.82) is 0 Å². The van der Waals surface area contributed by atoms with E-state index >= 15 is 0 Å². The summed E-state index contributed by atoms with van der Waals surface area (Å²) in [5.41, 5.74) is 7.19. The lowest BCUT2D eigenvalue weighted by molar-refractivity contribution is 1.07. The molecule has 0 fully saturated rings. The van der Waals surface area contributed by atoms with Crippen molar-refractivity contribution in [2.24, 2.45) is 0 Å². The summed E-state index contributed by atoms with van der Waals surface area (Å²) in [5.74, 6) is 1.92. The van der Waals surface area contributed by atoms with Crippen LogP contribution >= 0.6 is 22.7 Å².